The predicted molar refractivity (Wildman–Crippen MR) is 80.0 cm³/mol. The molecule has 0 fully saturated rings. The molecule has 1 unspecified atom stereocenters. The second-order valence-corrected chi connectivity index (χ2v) is 5.71. The lowest BCUT2D eigenvalue weighted by molar-refractivity contribution is 0.624. The fraction of sp³-hybridized carbons (Fsp3) is 0.429. The van der Waals surface area contributed by atoms with Gasteiger partial charge in [-0.05, 0) is 37.3 Å². The topological polar surface area (TPSA) is 41.1 Å². The Balaban J connectivity index is 1.89. The summed E-state index contributed by atoms with van der Waals surface area (Å²) in [5.74, 6) is 1.81. The number of anilines is 2. The molecule has 0 aromatic carbocycles. The second kappa shape index (κ2) is 5.17. The molecule has 3 heterocycles. The van der Waals surface area contributed by atoms with Crippen LogP contribution in [0, 0.1) is 0 Å². The van der Waals surface area contributed by atoms with Crippen molar-refractivity contribution in [1.29, 1.82) is 0 Å². The van der Waals surface area contributed by atoms with E-state index in [0.29, 0.717) is 6.04 Å². The minimum Gasteiger partial charge on any atom is -0.369 e. The summed E-state index contributed by atoms with van der Waals surface area (Å²) in [5, 5.41) is 5.40. The minimum atomic E-state index is 0.376. The molecule has 0 saturated carbocycles. The van der Waals surface area contributed by atoms with Crippen molar-refractivity contribution in [1.82, 2.24) is 9.97 Å². The van der Waals surface area contributed by atoms with E-state index in [1.807, 2.05) is 17.5 Å². The van der Waals surface area contributed by atoms with Gasteiger partial charge in [-0.3, -0.25) is 4.98 Å². The van der Waals surface area contributed by atoms with Gasteiger partial charge in [0.1, 0.15) is 11.6 Å². The number of hydrogen-bond donors (Lipinski definition) is 1. The number of nitrogens with zero attached hydrogens (tertiary/aromatic N) is 3. The second-order valence-electron chi connectivity index (χ2n) is 4.71. The molecule has 1 aliphatic rings. The van der Waals surface area contributed by atoms with Gasteiger partial charge in [0.15, 0.2) is 0 Å². The van der Waals surface area contributed by atoms with E-state index >= 15 is 0 Å². The lowest BCUT2D eigenvalue weighted by Crippen LogP contribution is -2.33. The van der Waals surface area contributed by atoms with Gasteiger partial charge >= 0.3 is 0 Å². The highest BCUT2D eigenvalue weighted by molar-refractivity contribution is 7.10. The Bertz CT molecular complexity index is 566. The van der Waals surface area contributed by atoms with Crippen LogP contribution in [-0.2, 0) is 6.42 Å². The van der Waals surface area contributed by atoms with Crippen LogP contribution in [0.5, 0.6) is 0 Å². The van der Waals surface area contributed by atoms with Crippen molar-refractivity contribution in [2.24, 2.45) is 0 Å². The van der Waals surface area contributed by atoms with Gasteiger partial charge in [0.25, 0.3) is 0 Å². The van der Waals surface area contributed by atoms with Gasteiger partial charge in [0, 0.05) is 18.0 Å². The van der Waals surface area contributed by atoms with E-state index in [9.17, 15) is 0 Å². The average molecular weight is 274 g/mol. The predicted octanol–water partition coefficient (Wildman–Crippen LogP) is 3.09. The van der Waals surface area contributed by atoms with Crippen LogP contribution in [0.1, 0.15) is 30.3 Å². The van der Waals surface area contributed by atoms with Crippen molar-refractivity contribution in [3.63, 3.8) is 0 Å². The van der Waals surface area contributed by atoms with Crippen LogP contribution in [0.15, 0.2) is 23.8 Å². The molecule has 3 rings (SSSR count). The molecular formula is C14H18N4S. The summed E-state index contributed by atoms with van der Waals surface area (Å²) in [7, 11) is 0. The molecule has 1 atom stereocenters. The van der Waals surface area contributed by atoms with E-state index in [1.165, 1.54) is 10.4 Å². The summed E-state index contributed by atoms with van der Waals surface area (Å²) in [6.45, 7) is 6.18. The van der Waals surface area contributed by atoms with Crippen molar-refractivity contribution < 1.29 is 0 Å². The van der Waals surface area contributed by atoms with Gasteiger partial charge in [0.05, 0.1) is 18.4 Å². The van der Waals surface area contributed by atoms with Crippen molar-refractivity contribution in [2.75, 3.05) is 23.3 Å². The highest BCUT2D eigenvalue weighted by atomic mass is 32.1. The number of thiophene rings is 1. The lowest BCUT2D eigenvalue weighted by atomic mass is 10.0. The van der Waals surface area contributed by atoms with Crippen LogP contribution in [-0.4, -0.2) is 23.1 Å². The van der Waals surface area contributed by atoms with Crippen molar-refractivity contribution in [3.8, 4) is 0 Å². The molecule has 0 amide bonds. The molecule has 100 valence electrons. The Morgan fingerprint density at radius 3 is 3.21 bits per heavy atom. The van der Waals surface area contributed by atoms with E-state index in [2.05, 4.69) is 45.5 Å². The number of hydrogen-bond acceptors (Lipinski definition) is 5. The zero-order chi connectivity index (χ0) is 13.2. The maximum atomic E-state index is 4.65. The Kier molecular flexibility index (Phi) is 3.38. The van der Waals surface area contributed by atoms with Gasteiger partial charge in [0.2, 0.25) is 0 Å². The number of nitrogens with one attached hydrogen (secondary N) is 1. The van der Waals surface area contributed by atoms with Crippen LogP contribution in [0.2, 0.25) is 0 Å². The van der Waals surface area contributed by atoms with E-state index in [1.54, 1.807) is 6.20 Å². The number of aromatic nitrogens is 2. The Hall–Kier alpha value is -1.62. The number of rotatable bonds is 3. The molecule has 5 heteroatoms. The molecule has 0 bridgehead atoms. The highest BCUT2D eigenvalue weighted by Crippen LogP contribution is 2.35. The van der Waals surface area contributed by atoms with Crippen LogP contribution in [0.4, 0.5) is 11.6 Å². The molecule has 2 aromatic rings. The largest absolute Gasteiger partial charge is 0.369 e. The average Bonchev–Trinajstić information content (AvgIpc) is 2.89. The summed E-state index contributed by atoms with van der Waals surface area (Å²) in [6, 6.07) is 2.61. The lowest BCUT2D eigenvalue weighted by Gasteiger charge is -2.34. The Labute approximate surface area is 117 Å². The summed E-state index contributed by atoms with van der Waals surface area (Å²) in [5.41, 5.74) is 1.44. The third kappa shape index (κ3) is 2.30. The first-order valence-electron chi connectivity index (χ1n) is 6.68. The smallest absolute Gasteiger partial charge is 0.150 e. The van der Waals surface area contributed by atoms with Gasteiger partial charge in [-0.2, -0.15) is 0 Å². The fourth-order valence-electron chi connectivity index (χ4n) is 2.58. The highest BCUT2D eigenvalue weighted by Gasteiger charge is 2.25. The summed E-state index contributed by atoms with van der Waals surface area (Å²) in [6.07, 6.45) is 4.73. The zero-order valence-electron chi connectivity index (χ0n) is 11.3. The molecule has 19 heavy (non-hydrogen) atoms. The van der Waals surface area contributed by atoms with Gasteiger partial charge in [-0.15, -0.1) is 11.3 Å². The van der Waals surface area contributed by atoms with Crippen molar-refractivity contribution in [3.05, 3.63) is 34.3 Å². The van der Waals surface area contributed by atoms with Crippen LogP contribution in [0.3, 0.4) is 0 Å². The van der Waals surface area contributed by atoms with Gasteiger partial charge in [-0.25, -0.2) is 4.98 Å². The third-order valence-corrected chi connectivity index (χ3v) is 4.55. The third-order valence-electron chi connectivity index (χ3n) is 3.55. The number of fused-ring (bicyclic) bond motifs is 1. The molecule has 0 spiro atoms. The van der Waals surface area contributed by atoms with E-state index in [0.717, 1.165) is 31.1 Å². The molecule has 0 saturated heterocycles. The first-order valence-corrected chi connectivity index (χ1v) is 7.56. The van der Waals surface area contributed by atoms with Crippen LogP contribution in [0.25, 0.3) is 0 Å². The Morgan fingerprint density at radius 1 is 1.47 bits per heavy atom. The monoisotopic (exact) mass is 274 g/mol. The maximum absolute atomic E-state index is 4.65. The SMILES string of the molecule is CCNc1cncc(N2CCc3sccc3C2C)n1. The molecule has 2 aromatic heterocycles. The van der Waals surface area contributed by atoms with Crippen LogP contribution < -0.4 is 10.2 Å². The molecule has 0 radical (unpaired) electrons. The minimum absolute atomic E-state index is 0.376. The molecule has 1 N–H and O–H groups in total. The van der Waals surface area contributed by atoms with Crippen molar-refractivity contribution >= 4 is 23.0 Å². The summed E-state index contributed by atoms with van der Waals surface area (Å²) in [4.78, 5) is 12.8. The molecule has 0 aliphatic carbocycles. The molecule has 1 aliphatic heterocycles. The van der Waals surface area contributed by atoms with E-state index in [-0.39, 0.29) is 0 Å². The van der Waals surface area contributed by atoms with Crippen molar-refractivity contribution in [2.45, 2.75) is 26.3 Å². The van der Waals surface area contributed by atoms with E-state index < -0.39 is 0 Å². The molecular weight excluding hydrogens is 256 g/mol. The first kappa shape index (κ1) is 12.4. The molecule has 4 nitrogen and oxygen atoms in total. The normalized spacial score (nSPS) is 18.2. The van der Waals surface area contributed by atoms with Gasteiger partial charge < -0.3 is 10.2 Å². The zero-order valence-corrected chi connectivity index (χ0v) is 12.1. The summed E-state index contributed by atoms with van der Waals surface area (Å²) < 4.78 is 0. The first-order chi connectivity index (χ1) is 9.29. The van der Waals surface area contributed by atoms with Crippen LogP contribution >= 0.6 is 11.3 Å². The standard InChI is InChI=1S/C14H18N4S/c1-3-16-13-8-15-9-14(17-13)18-6-4-12-11(10(18)2)5-7-19-12/h5,7-10H,3-4,6H2,1-2H3,(H,16,17). The summed E-state index contributed by atoms with van der Waals surface area (Å²) >= 11 is 1.86. The maximum Gasteiger partial charge on any atom is 0.150 e. The fourth-order valence-corrected chi connectivity index (χ4v) is 3.55. The van der Waals surface area contributed by atoms with Gasteiger partial charge in [-0.1, -0.05) is 0 Å². The quantitative estimate of drug-likeness (QED) is 0.934. The Morgan fingerprint density at radius 2 is 2.37 bits per heavy atom. The van der Waals surface area contributed by atoms with E-state index in [4.69, 9.17) is 0 Å².